The van der Waals surface area contributed by atoms with Crippen molar-refractivity contribution in [2.75, 3.05) is 13.2 Å². The van der Waals surface area contributed by atoms with E-state index < -0.39 is 17.9 Å². The van der Waals surface area contributed by atoms with E-state index in [9.17, 15) is 9.59 Å². The highest BCUT2D eigenvalue weighted by Crippen LogP contribution is 1.89. The van der Waals surface area contributed by atoms with E-state index in [-0.39, 0.29) is 42.7 Å². The second-order valence-corrected chi connectivity index (χ2v) is 2.31. The topological polar surface area (TPSA) is 89.9 Å². The summed E-state index contributed by atoms with van der Waals surface area (Å²) in [5.41, 5.74) is 0. The van der Waals surface area contributed by atoms with Crippen LogP contribution < -0.4 is 0 Å². The number of ether oxygens (including phenoxy) is 2. The molecule has 0 atom stereocenters. The molecule has 6 nitrogen and oxygen atoms in total. The number of carboxylic acids is 1. The molecule has 0 aliphatic carbocycles. The fraction of sp³-hybridized carbons (Fsp3) is 0.667. The van der Waals surface area contributed by atoms with Crippen LogP contribution in [0.3, 0.4) is 0 Å². The fourth-order valence-electron chi connectivity index (χ4n) is 0.542. The highest BCUT2D eigenvalue weighted by Gasteiger charge is 2.09. The number of hydrogen-bond donors (Lipinski definition) is 1. The van der Waals surface area contributed by atoms with Gasteiger partial charge in [0, 0.05) is 6.92 Å². The predicted molar refractivity (Wildman–Crippen MR) is 59.7 cm³/mol. The lowest BCUT2D eigenvalue weighted by atomic mass is 10.4. The Labute approximate surface area is 110 Å². The van der Waals surface area contributed by atoms with Crippen molar-refractivity contribution >= 4 is 41.0 Å². The lowest BCUT2D eigenvalue weighted by molar-refractivity contribution is -0.154. The summed E-state index contributed by atoms with van der Waals surface area (Å²) < 4.78 is 9.04. The summed E-state index contributed by atoms with van der Waals surface area (Å²) in [6, 6.07) is 0. The van der Waals surface area contributed by atoms with Crippen molar-refractivity contribution in [1.29, 1.82) is 0 Å². The van der Waals surface area contributed by atoms with Crippen LogP contribution in [0, 0.1) is 0 Å². The van der Waals surface area contributed by atoms with E-state index in [4.69, 9.17) is 9.90 Å². The second-order valence-electron chi connectivity index (χ2n) is 2.31. The molecule has 0 amide bonds. The molecule has 0 bridgehead atoms. The molecule has 92 valence electrons. The van der Waals surface area contributed by atoms with Gasteiger partial charge in [-0.15, -0.1) is 0 Å². The number of esters is 2. The van der Waals surface area contributed by atoms with E-state index in [0.717, 1.165) is 6.92 Å². The molecule has 7 heteroatoms. The first kappa shape index (κ1) is 20.6. The molecule has 0 saturated carbocycles. The van der Waals surface area contributed by atoms with Crippen molar-refractivity contribution in [3.8, 4) is 0 Å². The second kappa shape index (κ2) is 14.2. The zero-order valence-electron chi connectivity index (χ0n) is 9.11. The minimum atomic E-state index is -0.833. The average molecular weight is 247 g/mol. The Kier molecular flexibility index (Phi) is 18.2. The Morgan fingerprint density at radius 1 is 1.00 bits per heavy atom. The SMILES string of the molecule is CC(=O)O.CCOC(=O)CC(=O)OCC.[MgH2]. The minimum absolute atomic E-state index is 0. The Morgan fingerprint density at radius 2 is 1.25 bits per heavy atom. The van der Waals surface area contributed by atoms with Crippen LogP contribution in [0.15, 0.2) is 0 Å². The van der Waals surface area contributed by atoms with Gasteiger partial charge in [0.05, 0.1) is 13.2 Å². The van der Waals surface area contributed by atoms with Crippen LogP contribution in [0.5, 0.6) is 0 Å². The van der Waals surface area contributed by atoms with Crippen LogP contribution >= 0.6 is 0 Å². The molecule has 0 fully saturated rings. The monoisotopic (exact) mass is 246 g/mol. The maximum atomic E-state index is 10.6. The Bertz CT molecular complexity index is 196. The van der Waals surface area contributed by atoms with E-state index in [1.54, 1.807) is 13.8 Å². The molecule has 0 aliphatic heterocycles. The first-order valence-electron chi connectivity index (χ1n) is 4.44. The number of carbonyl (C=O) groups is 3. The zero-order valence-corrected chi connectivity index (χ0v) is 9.11. The van der Waals surface area contributed by atoms with Gasteiger partial charge in [0.1, 0.15) is 6.42 Å². The van der Waals surface area contributed by atoms with Crippen molar-refractivity contribution in [2.24, 2.45) is 0 Å². The molecule has 1 N–H and O–H groups in total. The molecule has 0 aromatic rings. The first-order chi connectivity index (χ1) is 6.93. The van der Waals surface area contributed by atoms with E-state index in [1.807, 2.05) is 0 Å². The summed E-state index contributed by atoms with van der Waals surface area (Å²) in [4.78, 5) is 30.2. The summed E-state index contributed by atoms with van der Waals surface area (Å²) in [6.07, 6.45) is -0.290. The van der Waals surface area contributed by atoms with Gasteiger partial charge in [-0.1, -0.05) is 0 Å². The number of aliphatic carboxylic acids is 1. The fourth-order valence-corrected chi connectivity index (χ4v) is 0.542. The third kappa shape index (κ3) is 23.2. The van der Waals surface area contributed by atoms with Gasteiger partial charge in [-0.3, -0.25) is 14.4 Å². The van der Waals surface area contributed by atoms with E-state index in [1.165, 1.54) is 0 Å². The summed E-state index contributed by atoms with van der Waals surface area (Å²) in [6.45, 7) is 5.03. The number of rotatable bonds is 4. The van der Waals surface area contributed by atoms with Gasteiger partial charge in [-0.25, -0.2) is 0 Å². The summed E-state index contributed by atoms with van der Waals surface area (Å²) in [7, 11) is 0. The molecule has 0 aromatic heterocycles. The van der Waals surface area contributed by atoms with Crippen molar-refractivity contribution in [2.45, 2.75) is 27.2 Å². The molecule has 0 heterocycles. The van der Waals surface area contributed by atoms with E-state index in [0.29, 0.717) is 0 Å². The standard InChI is InChI=1S/C7H12O4.C2H4O2.Mg.2H/c1-3-10-6(8)5-7(9)11-4-2;1-2(3)4;;;/h3-5H2,1-2H3;1H3,(H,3,4);;;. The minimum Gasteiger partial charge on any atom is -0.481 e. The molecule has 0 unspecified atom stereocenters. The number of carboxylic acid groups (broad SMARTS) is 1. The van der Waals surface area contributed by atoms with Gasteiger partial charge < -0.3 is 14.6 Å². The maximum Gasteiger partial charge on any atom is 0.317 e. The lowest BCUT2D eigenvalue weighted by Gasteiger charge is -2.00. The third-order valence-corrected chi connectivity index (χ3v) is 0.899. The molecule has 16 heavy (non-hydrogen) atoms. The molecular formula is C9H18MgO6. The molecule has 0 aromatic carbocycles. The van der Waals surface area contributed by atoms with E-state index >= 15 is 0 Å². The van der Waals surface area contributed by atoms with Gasteiger partial charge in [0.25, 0.3) is 5.97 Å². The third-order valence-electron chi connectivity index (χ3n) is 0.899. The lowest BCUT2D eigenvalue weighted by Crippen LogP contribution is -2.13. The van der Waals surface area contributed by atoms with Gasteiger partial charge in [0.15, 0.2) is 0 Å². The Hall–Kier alpha value is -0.824. The van der Waals surface area contributed by atoms with E-state index in [2.05, 4.69) is 9.47 Å². The van der Waals surface area contributed by atoms with Crippen molar-refractivity contribution < 1.29 is 29.0 Å². The smallest absolute Gasteiger partial charge is 0.317 e. The Balaban J connectivity index is -0.000000292. The number of carbonyl (C=O) groups excluding carboxylic acids is 2. The van der Waals surface area contributed by atoms with Crippen LogP contribution in [0.2, 0.25) is 0 Å². The zero-order chi connectivity index (χ0) is 12.3. The summed E-state index contributed by atoms with van der Waals surface area (Å²) in [5, 5.41) is 7.42. The van der Waals surface area contributed by atoms with Gasteiger partial charge in [0.2, 0.25) is 0 Å². The van der Waals surface area contributed by atoms with Crippen LogP contribution in [-0.2, 0) is 23.9 Å². The average Bonchev–Trinajstić information content (AvgIpc) is 2.03. The van der Waals surface area contributed by atoms with Crippen LogP contribution in [-0.4, -0.2) is 59.3 Å². The Morgan fingerprint density at radius 3 is 1.44 bits per heavy atom. The van der Waals surface area contributed by atoms with Crippen molar-refractivity contribution in [3.05, 3.63) is 0 Å². The maximum absolute atomic E-state index is 10.6. The van der Waals surface area contributed by atoms with Gasteiger partial charge in [-0.2, -0.15) is 0 Å². The van der Waals surface area contributed by atoms with Crippen LogP contribution in [0.1, 0.15) is 27.2 Å². The van der Waals surface area contributed by atoms with Gasteiger partial charge >= 0.3 is 35.0 Å². The molecule has 0 saturated heterocycles. The highest BCUT2D eigenvalue weighted by molar-refractivity contribution is 5.91. The van der Waals surface area contributed by atoms with Crippen LogP contribution in [0.25, 0.3) is 0 Å². The summed E-state index contributed by atoms with van der Waals surface area (Å²) >= 11 is 0. The predicted octanol–water partition coefficient (Wildman–Crippen LogP) is -0.323. The van der Waals surface area contributed by atoms with Crippen molar-refractivity contribution in [1.82, 2.24) is 0 Å². The normalized spacial score (nSPS) is 7.69. The molecule has 0 rings (SSSR count). The molecule has 0 radical (unpaired) electrons. The highest BCUT2D eigenvalue weighted by atomic mass is 24.3. The van der Waals surface area contributed by atoms with Crippen molar-refractivity contribution in [3.63, 3.8) is 0 Å². The quantitative estimate of drug-likeness (QED) is 0.415. The molecule has 0 aliphatic rings. The summed E-state index contributed by atoms with van der Waals surface area (Å²) in [5.74, 6) is -1.91. The van der Waals surface area contributed by atoms with Gasteiger partial charge in [-0.05, 0) is 13.8 Å². The first-order valence-corrected chi connectivity index (χ1v) is 4.44. The van der Waals surface area contributed by atoms with Crippen LogP contribution in [0.4, 0.5) is 0 Å². The number of hydrogen-bond acceptors (Lipinski definition) is 5. The largest absolute Gasteiger partial charge is 0.481 e. The molecular weight excluding hydrogens is 228 g/mol. The molecule has 0 spiro atoms.